The molecule has 0 bridgehead atoms. The molecule has 0 unspecified atom stereocenters. The Labute approximate surface area is 141 Å². The molecule has 0 spiro atoms. The minimum atomic E-state index is -0.0256. The molecule has 124 valence electrons. The second kappa shape index (κ2) is 7.84. The quantitative estimate of drug-likeness (QED) is 0.882. The molecule has 2 saturated heterocycles. The van der Waals surface area contributed by atoms with E-state index in [-0.39, 0.29) is 24.4 Å². The molecular formula is C17H23N3O2S. The summed E-state index contributed by atoms with van der Waals surface area (Å²) < 4.78 is 0. The molecule has 2 amide bonds. The van der Waals surface area contributed by atoms with E-state index in [2.05, 4.69) is 34.5 Å². The molecule has 2 fully saturated rings. The van der Waals surface area contributed by atoms with Crippen LogP contribution in [0, 0.1) is 0 Å². The normalized spacial score (nSPS) is 20.0. The summed E-state index contributed by atoms with van der Waals surface area (Å²) in [5.74, 6) is 1.19. The monoisotopic (exact) mass is 333 g/mol. The Hall–Kier alpha value is -1.53. The van der Waals surface area contributed by atoms with Crippen molar-refractivity contribution < 1.29 is 9.59 Å². The predicted molar refractivity (Wildman–Crippen MR) is 91.9 cm³/mol. The van der Waals surface area contributed by atoms with Crippen molar-refractivity contribution in [1.29, 1.82) is 0 Å². The van der Waals surface area contributed by atoms with Crippen LogP contribution < -0.4 is 5.32 Å². The van der Waals surface area contributed by atoms with Crippen LogP contribution in [0.15, 0.2) is 30.3 Å². The molecule has 6 heteroatoms. The van der Waals surface area contributed by atoms with Crippen molar-refractivity contribution in [3.63, 3.8) is 0 Å². The van der Waals surface area contributed by atoms with Crippen molar-refractivity contribution in [3.8, 4) is 0 Å². The van der Waals surface area contributed by atoms with E-state index >= 15 is 0 Å². The highest BCUT2D eigenvalue weighted by atomic mass is 32.2. The fourth-order valence-electron chi connectivity index (χ4n) is 3.06. The van der Waals surface area contributed by atoms with E-state index in [1.54, 1.807) is 16.7 Å². The lowest BCUT2D eigenvalue weighted by atomic mass is 10.0. The third kappa shape index (κ3) is 4.72. The first-order valence-corrected chi connectivity index (χ1v) is 9.27. The van der Waals surface area contributed by atoms with Crippen LogP contribution in [0.4, 0.5) is 0 Å². The van der Waals surface area contributed by atoms with Gasteiger partial charge < -0.3 is 10.2 Å². The van der Waals surface area contributed by atoms with Crippen LogP contribution in [0.25, 0.3) is 0 Å². The number of rotatable bonds is 5. The largest absolute Gasteiger partial charge is 0.352 e. The van der Waals surface area contributed by atoms with Gasteiger partial charge in [0.25, 0.3) is 0 Å². The van der Waals surface area contributed by atoms with Crippen molar-refractivity contribution in [3.05, 3.63) is 35.9 Å². The molecule has 2 aliphatic rings. The number of thioether (sulfide) groups is 1. The highest BCUT2D eigenvalue weighted by Gasteiger charge is 2.25. The fourth-order valence-corrected chi connectivity index (χ4v) is 3.97. The Bertz CT molecular complexity index is 544. The van der Waals surface area contributed by atoms with Crippen LogP contribution >= 0.6 is 11.8 Å². The topological polar surface area (TPSA) is 52.7 Å². The minimum Gasteiger partial charge on any atom is -0.352 e. The van der Waals surface area contributed by atoms with E-state index in [9.17, 15) is 9.59 Å². The van der Waals surface area contributed by atoms with Crippen molar-refractivity contribution in [1.82, 2.24) is 15.1 Å². The lowest BCUT2D eigenvalue weighted by molar-refractivity contribution is -0.132. The van der Waals surface area contributed by atoms with Crippen LogP contribution in [-0.4, -0.2) is 58.9 Å². The highest BCUT2D eigenvalue weighted by molar-refractivity contribution is 8.00. The third-order valence-corrected chi connectivity index (χ3v) is 5.31. The third-order valence-electron chi connectivity index (χ3n) is 4.36. The Kier molecular flexibility index (Phi) is 5.56. The van der Waals surface area contributed by atoms with E-state index in [1.807, 2.05) is 6.07 Å². The first kappa shape index (κ1) is 16.3. The molecule has 0 radical (unpaired) electrons. The lowest BCUT2D eigenvalue weighted by Crippen LogP contribution is -2.47. The van der Waals surface area contributed by atoms with Crippen LogP contribution in [0.2, 0.25) is 0 Å². The zero-order valence-corrected chi connectivity index (χ0v) is 14.1. The van der Waals surface area contributed by atoms with Gasteiger partial charge in [0.15, 0.2) is 0 Å². The van der Waals surface area contributed by atoms with Gasteiger partial charge >= 0.3 is 0 Å². The Morgan fingerprint density at radius 2 is 1.96 bits per heavy atom. The van der Waals surface area contributed by atoms with Crippen molar-refractivity contribution in [2.45, 2.75) is 25.4 Å². The second-order valence-electron chi connectivity index (χ2n) is 6.17. The molecule has 23 heavy (non-hydrogen) atoms. The van der Waals surface area contributed by atoms with Gasteiger partial charge in [-0.2, -0.15) is 0 Å². The number of piperidine rings is 1. The summed E-state index contributed by atoms with van der Waals surface area (Å²) in [7, 11) is 0. The highest BCUT2D eigenvalue weighted by Crippen LogP contribution is 2.16. The number of carbonyl (C=O) groups excluding carboxylic acids is 2. The summed E-state index contributed by atoms with van der Waals surface area (Å²) in [5.41, 5.74) is 1.33. The number of nitrogens with one attached hydrogen (secondary N) is 1. The summed E-state index contributed by atoms with van der Waals surface area (Å²) >= 11 is 1.57. The molecule has 0 atom stereocenters. The average Bonchev–Trinajstić information content (AvgIpc) is 2.95. The van der Waals surface area contributed by atoms with Gasteiger partial charge in [-0.1, -0.05) is 30.3 Å². The van der Waals surface area contributed by atoms with Crippen LogP contribution in [0.5, 0.6) is 0 Å². The van der Waals surface area contributed by atoms with Crippen molar-refractivity contribution in [2.24, 2.45) is 0 Å². The smallest absolute Gasteiger partial charge is 0.239 e. The number of carbonyl (C=O) groups is 2. The standard InChI is InChI=1S/C17H23N3O2S/c21-16(11-20-13-23-12-17(20)22)18-15-6-8-19(9-7-15)10-14-4-2-1-3-5-14/h1-5,15H,6-13H2,(H,18,21). The zero-order valence-electron chi connectivity index (χ0n) is 13.2. The summed E-state index contributed by atoms with van der Waals surface area (Å²) in [6, 6.07) is 10.7. The summed E-state index contributed by atoms with van der Waals surface area (Å²) in [4.78, 5) is 27.7. The van der Waals surface area contributed by atoms with E-state index in [4.69, 9.17) is 0 Å². The summed E-state index contributed by atoms with van der Waals surface area (Å²) in [6.07, 6.45) is 1.95. The predicted octanol–water partition coefficient (Wildman–Crippen LogP) is 1.30. The van der Waals surface area contributed by atoms with E-state index in [1.165, 1.54) is 5.56 Å². The van der Waals surface area contributed by atoms with Gasteiger partial charge in [-0.25, -0.2) is 0 Å². The van der Waals surface area contributed by atoms with Crippen LogP contribution in [-0.2, 0) is 16.1 Å². The Balaban J connectivity index is 1.39. The lowest BCUT2D eigenvalue weighted by Gasteiger charge is -2.32. The Morgan fingerprint density at radius 3 is 2.61 bits per heavy atom. The van der Waals surface area contributed by atoms with Gasteiger partial charge in [-0.15, -0.1) is 11.8 Å². The van der Waals surface area contributed by atoms with Gasteiger partial charge in [-0.3, -0.25) is 14.5 Å². The fraction of sp³-hybridized carbons (Fsp3) is 0.529. The maximum absolute atomic E-state index is 12.1. The number of benzene rings is 1. The van der Waals surface area contributed by atoms with Gasteiger partial charge in [0, 0.05) is 25.7 Å². The van der Waals surface area contributed by atoms with Crippen LogP contribution in [0.3, 0.4) is 0 Å². The number of nitrogens with zero attached hydrogens (tertiary/aromatic N) is 2. The molecule has 5 nitrogen and oxygen atoms in total. The Morgan fingerprint density at radius 1 is 1.22 bits per heavy atom. The molecule has 2 aliphatic heterocycles. The summed E-state index contributed by atoms with van der Waals surface area (Å²) in [5, 5.41) is 3.08. The minimum absolute atomic E-state index is 0.0256. The number of likely N-dealkylation sites (tertiary alicyclic amines) is 1. The van der Waals surface area contributed by atoms with E-state index < -0.39 is 0 Å². The second-order valence-corrected chi connectivity index (χ2v) is 7.13. The summed E-state index contributed by atoms with van der Waals surface area (Å²) in [6.45, 7) is 3.17. The molecule has 0 saturated carbocycles. The number of hydrogen-bond acceptors (Lipinski definition) is 4. The SMILES string of the molecule is O=C(CN1CSCC1=O)NC1CCN(Cc2ccccc2)CC1. The zero-order chi connectivity index (χ0) is 16.1. The van der Waals surface area contributed by atoms with Gasteiger partial charge in [0.2, 0.25) is 11.8 Å². The van der Waals surface area contributed by atoms with Gasteiger partial charge in [0.1, 0.15) is 6.54 Å². The molecular weight excluding hydrogens is 310 g/mol. The maximum Gasteiger partial charge on any atom is 0.239 e. The van der Waals surface area contributed by atoms with Gasteiger partial charge in [-0.05, 0) is 18.4 Å². The molecule has 0 aromatic heterocycles. The van der Waals surface area contributed by atoms with E-state index in [0.717, 1.165) is 32.5 Å². The van der Waals surface area contributed by atoms with Crippen molar-refractivity contribution >= 4 is 23.6 Å². The van der Waals surface area contributed by atoms with Gasteiger partial charge in [0.05, 0.1) is 11.6 Å². The molecule has 1 aromatic rings. The molecule has 1 aromatic carbocycles. The molecule has 3 rings (SSSR count). The molecule has 0 aliphatic carbocycles. The van der Waals surface area contributed by atoms with Crippen molar-refractivity contribution in [2.75, 3.05) is 31.3 Å². The van der Waals surface area contributed by atoms with E-state index in [0.29, 0.717) is 11.6 Å². The molecule has 1 N–H and O–H groups in total. The van der Waals surface area contributed by atoms with Crippen LogP contribution in [0.1, 0.15) is 18.4 Å². The maximum atomic E-state index is 12.1. The number of hydrogen-bond donors (Lipinski definition) is 1. The number of amides is 2. The first-order valence-electron chi connectivity index (χ1n) is 8.12. The first-order chi connectivity index (χ1) is 11.2. The molecule has 2 heterocycles. The average molecular weight is 333 g/mol.